The fourth-order valence-electron chi connectivity index (χ4n) is 0.613. The van der Waals surface area contributed by atoms with E-state index in [0.29, 0.717) is 0 Å². The predicted octanol–water partition coefficient (Wildman–Crippen LogP) is 2.13. The summed E-state index contributed by atoms with van der Waals surface area (Å²) < 4.78 is 1.21. The Kier molecular flexibility index (Phi) is 5.97. The van der Waals surface area contributed by atoms with Gasteiger partial charge in [0.05, 0.1) is 0 Å². The Labute approximate surface area is 100.0 Å². The van der Waals surface area contributed by atoms with Crippen molar-refractivity contribution < 1.29 is 32.7 Å². The van der Waals surface area contributed by atoms with Crippen LogP contribution in [0.1, 0.15) is 0 Å². The molecule has 1 rings (SSSR count). The first-order valence-electron chi connectivity index (χ1n) is 2.68. The third-order valence-corrected chi connectivity index (χ3v) is 1.98. The average Bonchev–Trinajstić information content (AvgIpc) is 1.89. The maximum atomic E-state index is 3.07. The van der Waals surface area contributed by atoms with Gasteiger partial charge in [-0.25, -0.2) is 0 Å². The molecule has 0 heterocycles. The summed E-state index contributed by atoms with van der Waals surface area (Å²) in [5.41, 5.74) is 1.16. The van der Waals surface area contributed by atoms with Crippen LogP contribution in [0.5, 0.6) is 0 Å². The first kappa shape index (κ1) is 10.9. The van der Waals surface area contributed by atoms with Gasteiger partial charge in [0.1, 0.15) is 0 Å². The van der Waals surface area contributed by atoms with Crippen LogP contribution in [0.3, 0.4) is 0 Å². The molecule has 3 heteroatoms. The number of anilines is 1. The molecule has 0 aliphatic carbocycles. The predicted molar refractivity (Wildman–Crippen MR) is 47.5 cm³/mol. The van der Waals surface area contributed by atoms with Crippen molar-refractivity contribution in [1.29, 1.82) is 0 Å². The van der Waals surface area contributed by atoms with Crippen LogP contribution >= 0.6 is 22.6 Å². The minimum absolute atomic E-state index is 0. The molecule has 1 aromatic carbocycles. The second-order valence-corrected chi connectivity index (χ2v) is 2.82. The van der Waals surface area contributed by atoms with E-state index in [-0.39, 0.29) is 32.7 Å². The van der Waals surface area contributed by atoms with E-state index >= 15 is 0 Å². The zero-order valence-corrected chi connectivity index (χ0v) is 10.7. The molecule has 1 radical (unpaired) electrons. The maximum Gasteiger partial charge on any atom is 0.00127 e. The zero-order chi connectivity index (χ0) is 6.69. The van der Waals surface area contributed by atoms with E-state index in [1.165, 1.54) is 3.57 Å². The van der Waals surface area contributed by atoms with E-state index in [0.717, 1.165) is 5.69 Å². The van der Waals surface area contributed by atoms with Crippen LogP contribution in [-0.4, -0.2) is 7.05 Å². The van der Waals surface area contributed by atoms with Gasteiger partial charge in [0.25, 0.3) is 0 Å². The average molecular weight is 321 g/mol. The van der Waals surface area contributed by atoms with E-state index in [1.807, 2.05) is 25.2 Å². The van der Waals surface area contributed by atoms with Crippen LogP contribution in [0.2, 0.25) is 0 Å². The Hall–Kier alpha value is 0.854. The normalized spacial score (nSPS) is 8.20. The van der Waals surface area contributed by atoms with Crippen molar-refractivity contribution in [3.8, 4) is 0 Å². The first-order chi connectivity index (χ1) is 4.34. The summed E-state index contributed by atoms with van der Waals surface area (Å²) in [5.74, 6) is 0. The van der Waals surface area contributed by atoms with E-state index in [9.17, 15) is 0 Å². The van der Waals surface area contributed by atoms with Crippen LogP contribution in [0, 0.1) is 9.64 Å². The SMILES string of the molecule is CNc1cc[c-]cc1I.[Y]. The van der Waals surface area contributed by atoms with Gasteiger partial charge in [-0.05, 0) is 0 Å². The van der Waals surface area contributed by atoms with Crippen LogP contribution < -0.4 is 5.32 Å². The molecule has 1 N–H and O–H groups in total. The summed E-state index contributed by atoms with van der Waals surface area (Å²) in [5, 5.41) is 3.07. The largest absolute Gasteiger partial charge is 0.408 e. The number of benzene rings is 1. The van der Waals surface area contributed by atoms with Gasteiger partial charge in [0.15, 0.2) is 0 Å². The summed E-state index contributed by atoms with van der Waals surface area (Å²) >= 11 is 2.27. The molecule has 0 unspecified atom stereocenters. The molecular formula is C7H7INY-. The van der Waals surface area contributed by atoms with Crippen molar-refractivity contribution in [2.24, 2.45) is 0 Å². The molecule has 0 spiro atoms. The van der Waals surface area contributed by atoms with Crippen molar-refractivity contribution in [2.45, 2.75) is 0 Å². The van der Waals surface area contributed by atoms with Gasteiger partial charge in [0, 0.05) is 39.8 Å². The van der Waals surface area contributed by atoms with Gasteiger partial charge in [-0.3, -0.25) is 0 Å². The second-order valence-electron chi connectivity index (χ2n) is 1.66. The van der Waals surface area contributed by atoms with E-state index < -0.39 is 0 Å². The Morgan fingerprint density at radius 3 is 2.70 bits per heavy atom. The number of halogens is 1. The Morgan fingerprint density at radius 2 is 2.30 bits per heavy atom. The minimum atomic E-state index is 0. The Morgan fingerprint density at radius 1 is 1.60 bits per heavy atom. The van der Waals surface area contributed by atoms with Crippen molar-refractivity contribution in [3.05, 3.63) is 27.8 Å². The monoisotopic (exact) mass is 321 g/mol. The number of nitrogens with one attached hydrogen (secondary N) is 1. The van der Waals surface area contributed by atoms with Crippen LogP contribution in [0.15, 0.2) is 18.2 Å². The number of hydrogen-bond donors (Lipinski definition) is 1. The van der Waals surface area contributed by atoms with Gasteiger partial charge in [-0.2, -0.15) is 18.2 Å². The van der Waals surface area contributed by atoms with Crippen molar-refractivity contribution >= 4 is 28.3 Å². The Balaban J connectivity index is 0.000000810. The summed E-state index contributed by atoms with van der Waals surface area (Å²) in [6.45, 7) is 0. The van der Waals surface area contributed by atoms with Crippen molar-refractivity contribution in [3.63, 3.8) is 0 Å². The second kappa shape index (κ2) is 5.50. The third-order valence-electron chi connectivity index (χ3n) is 1.08. The number of hydrogen-bond acceptors (Lipinski definition) is 1. The molecule has 0 saturated carbocycles. The van der Waals surface area contributed by atoms with Crippen molar-refractivity contribution in [1.82, 2.24) is 0 Å². The quantitative estimate of drug-likeness (QED) is 0.617. The topological polar surface area (TPSA) is 12.0 Å². The summed E-state index contributed by atoms with van der Waals surface area (Å²) in [4.78, 5) is 0. The van der Waals surface area contributed by atoms with Crippen LogP contribution in [0.25, 0.3) is 0 Å². The summed E-state index contributed by atoms with van der Waals surface area (Å²) in [7, 11) is 1.91. The minimum Gasteiger partial charge on any atom is -0.408 e. The summed E-state index contributed by atoms with van der Waals surface area (Å²) in [6, 6.07) is 8.84. The van der Waals surface area contributed by atoms with Crippen LogP contribution in [-0.2, 0) is 32.7 Å². The zero-order valence-electron chi connectivity index (χ0n) is 5.69. The van der Waals surface area contributed by atoms with E-state index in [4.69, 9.17) is 0 Å². The molecule has 1 nitrogen and oxygen atoms in total. The van der Waals surface area contributed by atoms with Gasteiger partial charge < -0.3 is 5.32 Å². The molecule has 0 aromatic heterocycles. The fraction of sp³-hybridized carbons (Fsp3) is 0.143. The Bertz CT molecular complexity index is 203. The van der Waals surface area contributed by atoms with Crippen LogP contribution in [0.4, 0.5) is 5.69 Å². The molecule has 0 fully saturated rings. The molecule has 0 atom stereocenters. The first-order valence-corrected chi connectivity index (χ1v) is 3.76. The molecule has 1 aromatic rings. The molecule has 10 heavy (non-hydrogen) atoms. The van der Waals surface area contributed by atoms with E-state index in [2.05, 4.69) is 34.0 Å². The van der Waals surface area contributed by atoms with Gasteiger partial charge >= 0.3 is 0 Å². The van der Waals surface area contributed by atoms with Gasteiger partial charge in [0.2, 0.25) is 0 Å². The number of rotatable bonds is 1. The third kappa shape index (κ3) is 2.85. The molecule has 0 bridgehead atoms. The smallest absolute Gasteiger partial charge is 0.00127 e. The van der Waals surface area contributed by atoms with Crippen molar-refractivity contribution in [2.75, 3.05) is 12.4 Å². The molecule has 0 amide bonds. The molecule has 51 valence electrons. The molecule has 0 saturated heterocycles. The maximum absolute atomic E-state index is 3.07. The summed E-state index contributed by atoms with van der Waals surface area (Å²) in [6.07, 6.45) is 0. The standard InChI is InChI=1S/C7H7IN.Y/c1-9-7-5-3-2-4-6(7)8;/h3-5,9H,1H3;/q-1;. The molecular weight excluding hydrogens is 314 g/mol. The van der Waals surface area contributed by atoms with Gasteiger partial charge in [-0.15, -0.1) is 28.7 Å². The van der Waals surface area contributed by atoms with E-state index in [1.54, 1.807) is 0 Å². The van der Waals surface area contributed by atoms with Gasteiger partial charge in [-0.1, -0.05) is 9.26 Å². The molecule has 0 aliphatic heterocycles. The molecule has 0 aliphatic rings. The fourth-order valence-corrected chi connectivity index (χ4v) is 1.24.